The first-order valence-electron chi connectivity index (χ1n) is 6.57. The Hall–Kier alpha value is -2.35. The molecule has 8 heteroatoms. The van der Waals surface area contributed by atoms with Crippen LogP contribution in [0.25, 0.3) is 0 Å². The molecule has 1 aromatic carbocycles. The van der Waals surface area contributed by atoms with Crippen LogP contribution in [-0.2, 0) is 11.3 Å². The molecule has 0 radical (unpaired) electrons. The van der Waals surface area contributed by atoms with Crippen molar-refractivity contribution in [3.8, 4) is 0 Å². The van der Waals surface area contributed by atoms with Crippen LogP contribution in [0.15, 0.2) is 35.7 Å². The molecule has 0 fully saturated rings. The molecule has 0 unspecified atom stereocenters. The topological polar surface area (TPSA) is 58.2 Å². The Labute approximate surface area is 134 Å². The number of hydrogen-bond acceptors (Lipinski definition) is 3. The summed E-state index contributed by atoms with van der Waals surface area (Å²) in [7, 11) is 0. The summed E-state index contributed by atoms with van der Waals surface area (Å²) in [5.41, 5.74) is 0.497. The molecule has 4 nitrogen and oxygen atoms in total. The van der Waals surface area contributed by atoms with E-state index in [1.54, 1.807) is 12.2 Å². The number of alkyl halides is 3. The number of anilines is 1. The third-order valence-corrected chi connectivity index (χ3v) is 3.81. The lowest BCUT2D eigenvalue weighted by Gasteiger charge is -2.13. The van der Waals surface area contributed by atoms with Gasteiger partial charge < -0.3 is 10.6 Å². The highest BCUT2D eigenvalue weighted by Crippen LogP contribution is 2.22. The second-order valence-corrected chi connectivity index (χ2v) is 5.80. The van der Waals surface area contributed by atoms with Crippen molar-refractivity contribution >= 4 is 28.8 Å². The second kappa shape index (κ2) is 6.82. The van der Waals surface area contributed by atoms with E-state index in [0.717, 1.165) is 4.88 Å². The number of hydrogen-bond donors (Lipinski definition) is 2. The smallest absolute Gasteiger partial charge is 0.347 e. The minimum absolute atomic E-state index is 0.0147. The van der Waals surface area contributed by atoms with Gasteiger partial charge in [-0.3, -0.25) is 9.59 Å². The summed E-state index contributed by atoms with van der Waals surface area (Å²) >= 11 is 1.45. The number of thiophene rings is 1. The lowest BCUT2D eigenvalue weighted by molar-refractivity contribution is -0.167. The van der Waals surface area contributed by atoms with Gasteiger partial charge in [-0.2, -0.15) is 13.2 Å². The van der Waals surface area contributed by atoms with Crippen LogP contribution in [0, 0.1) is 6.92 Å². The molecule has 23 heavy (non-hydrogen) atoms. The minimum Gasteiger partial charge on any atom is -0.347 e. The monoisotopic (exact) mass is 342 g/mol. The number of rotatable bonds is 4. The van der Waals surface area contributed by atoms with Crippen molar-refractivity contribution in [3.05, 3.63) is 51.7 Å². The van der Waals surface area contributed by atoms with Crippen molar-refractivity contribution in [3.63, 3.8) is 0 Å². The van der Waals surface area contributed by atoms with Crippen LogP contribution >= 0.6 is 11.3 Å². The van der Waals surface area contributed by atoms with Crippen molar-refractivity contribution < 1.29 is 22.8 Å². The SMILES string of the molecule is Cc1ccc(NC(=O)C(F)(F)F)c(C(=O)NCc2cccs2)c1. The molecule has 122 valence electrons. The summed E-state index contributed by atoms with van der Waals surface area (Å²) in [5, 5.41) is 6.20. The van der Waals surface area contributed by atoms with E-state index in [1.807, 2.05) is 17.5 Å². The van der Waals surface area contributed by atoms with Gasteiger partial charge >= 0.3 is 12.1 Å². The molecular weight excluding hydrogens is 329 g/mol. The molecule has 2 rings (SSSR count). The lowest BCUT2D eigenvalue weighted by Crippen LogP contribution is -2.31. The highest BCUT2D eigenvalue weighted by Gasteiger charge is 2.39. The van der Waals surface area contributed by atoms with Gasteiger partial charge in [0.1, 0.15) is 0 Å². The average molecular weight is 342 g/mol. The third-order valence-electron chi connectivity index (χ3n) is 2.93. The number of carbonyl (C=O) groups excluding carboxylic acids is 2. The molecule has 2 aromatic rings. The predicted octanol–water partition coefficient (Wildman–Crippen LogP) is 3.49. The van der Waals surface area contributed by atoms with E-state index >= 15 is 0 Å². The summed E-state index contributed by atoms with van der Waals surface area (Å²) in [6.45, 7) is 1.96. The maximum atomic E-state index is 12.4. The fourth-order valence-corrected chi connectivity index (χ4v) is 2.47. The molecule has 0 spiro atoms. The molecule has 0 aliphatic carbocycles. The molecule has 0 bridgehead atoms. The first-order chi connectivity index (χ1) is 10.8. The van der Waals surface area contributed by atoms with Gasteiger partial charge in [0.25, 0.3) is 5.91 Å². The fourth-order valence-electron chi connectivity index (χ4n) is 1.82. The minimum atomic E-state index is -5.02. The fraction of sp³-hybridized carbons (Fsp3) is 0.200. The van der Waals surface area contributed by atoms with E-state index in [-0.39, 0.29) is 17.8 Å². The number of aryl methyl sites for hydroxylation is 1. The summed E-state index contributed by atoms with van der Waals surface area (Å²) in [5.74, 6) is -2.67. The van der Waals surface area contributed by atoms with E-state index in [0.29, 0.717) is 5.56 Å². The van der Waals surface area contributed by atoms with Crippen molar-refractivity contribution in [2.75, 3.05) is 5.32 Å². The van der Waals surface area contributed by atoms with E-state index in [1.165, 1.54) is 29.5 Å². The maximum absolute atomic E-state index is 12.4. The van der Waals surface area contributed by atoms with Gasteiger partial charge in [-0.15, -0.1) is 11.3 Å². The molecule has 0 atom stereocenters. The Morgan fingerprint density at radius 3 is 2.57 bits per heavy atom. The zero-order valence-corrected chi connectivity index (χ0v) is 12.8. The number of carbonyl (C=O) groups is 2. The molecule has 1 heterocycles. The zero-order valence-electron chi connectivity index (χ0n) is 12.0. The van der Waals surface area contributed by atoms with E-state index in [2.05, 4.69) is 5.32 Å². The van der Waals surface area contributed by atoms with Gasteiger partial charge in [-0.1, -0.05) is 17.7 Å². The van der Waals surface area contributed by atoms with Crippen LogP contribution in [0.4, 0.5) is 18.9 Å². The van der Waals surface area contributed by atoms with Gasteiger partial charge in [-0.05, 0) is 30.5 Å². The van der Waals surface area contributed by atoms with Crippen LogP contribution < -0.4 is 10.6 Å². The zero-order chi connectivity index (χ0) is 17.0. The molecule has 0 saturated carbocycles. The number of amides is 2. The quantitative estimate of drug-likeness (QED) is 0.894. The summed E-state index contributed by atoms with van der Waals surface area (Å²) in [6, 6.07) is 7.87. The highest BCUT2D eigenvalue weighted by molar-refractivity contribution is 7.09. The van der Waals surface area contributed by atoms with Crippen LogP contribution in [0.1, 0.15) is 20.8 Å². The summed E-state index contributed by atoms with van der Waals surface area (Å²) in [4.78, 5) is 24.2. The Kier molecular flexibility index (Phi) is 5.05. The lowest BCUT2D eigenvalue weighted by atomic mass is 10.1. The molecule has 0 saturated heterocycles. The third kappa shape index (κ3) is 4.56. The van der Waals surface area contributed by atoms with Gasteiger partial charge in [0, 0.05) is 4.88 Å². The largest absolute Gasteiger partial charge is 0.471 e. The first-order valence-corrected chi connectivity index (χ1v) is 7.45. The summed E-state index contributed by atoms with van der Waals surface area (Å²) < 4.78 is 37.1. The predicted molar refractivity (Wildman–Crippen MR) is 81.4 cm³/mol. The average Bonchev–Trinajstić information content (AvgIpc) is 2.98. The normalized spacial score (nSPS) is 11.1. The molecule has 1 aromatic heterocycles. The molecule has 0 aliphatic rings. The van der Waals surface area contributed by atoms with E-state index < -0.39 is 18.0 Å². The Bertz CT molecular complexity index is 712. The summed E-state index contributed by atoms with van der Waals surface area (Å²) in [6.07, 6.45) is -5.02. The second-order valence-electron chi connectivity index (χ2n) is 4.76. The molecule has 2 N–H and O–H groups in total. The van der Waals surface area contributed by atoms with Gasteiger partial charge in [-0.25, -0.2) is 0 Å². The number of nitrogens with one attached hydrogen (secondary N) is 2. The number of halogens is 3. The van der Waals surface area contributed by atoms with Crippen LogP contribution in [-0.4, -0.2) is 18.0 Å². The molecular formula is C15H13F3N2O2S. The van der Waals surface area contributed by atoms with Gasteiger partial charge in [0.05, 0.1) is 17.8 Å². The van der Waals surface area contributed by atoms with Crippen LogP contribution in [0.5, 0.6) is 0 Å². The first kappa shape index (κ1) is 17.0. The van der Waals surface area contributed by atoms with Crippen LogP contribution in [0.2, 0.25) is 0 Å². The van der Waals surface area contributed by atoms with Crippen molar-refractivity contribution in [1.29, 1.82) is 0 Å². The number of benzene rings is 1. The Morgan fingerprint density at radius 2 is 1.96 bits per heavy atom. The Morgan fingerprint density at radius 1 is 1.22 bits per heavy atom. The maximum Gasteiger partial charge on any atom is 0.471 e. The van der Waals surface area contributed by atoms with E-state index in [4.69, 9.17) is 0 Å². The highest BCUT2D eigenvalue weighted by atomic mass is 32.1. The standard InChI is InChI=1S/C15H13F3N2O2S/c1-9-4-5-12(20-14(22)15(16,17)18)11(7-9)13(21)19-8-10-3-2-6-23-10/h2-7H,8H2,1H3,(H,19,21)(H,20,22). The van der Waals surface area contributed by atoms with E-state index in [9.17, 15) is 22.8 Å². The van der Waals surface area contributed by atoms with Crippen LogP contribution in [0.3, 0.4) is 0 Å². The molecule has 0 aliphatic heterocycles. The van der Waals surface area contributed by atoms with Crippen molar-refractivity contribution in [2.45, 2.75) is 19.6 Å². The van der Waals surface area contributed by atoms with Crippen molar-refractivity contribution in [2.24, 2.45) is 0 Å². The van der Waals surface area contributed by atoms with Gasteiger partial charge in [0.15, 0.2) is 0 Å². The molecule has 2 amide bonds. The Balaban J connectivity index is 2.17. The van der Waals surface area contributed by atoms with Crippen molar-refractivity contribution in [1.82, 2.24) is 5.32 Å². The van der Waals surface area contributed by atoms with Gasteiger partial charge in [0.2, 0.25) is 0 Å².